The molecule has 1 aromatic carbocycles. The summed E-state index contributed by atoms with van der Waals surface area (Å²) in [6.07, 6.45) is 2.17. The molecule has 0 aliphatic rings. The second-order valence-corrected chi connectivity index (χ2v) is 5.56. The predicted molar refractivity (Wildman–Crippen MR) is 82.1 cm³/mol. The summed E-state index contributed by atoms with van der Waals surface area (Å²) < 4.78 is 7.23. The number of fused-ring (bicyclic) bond motifs is 1. The van der Waals surface area contributed by atoms with Crippen LogP contribution < -0.4 is 5.32 Å². The Morgan fingerprint density at radius 1 is 1.29 bits per heavy atom. The van der Waals surface area contributed by atoms with Crippen molar-refractivity contribution >= 4 is 10.9 Å². The molecule has 5 nitrogen and oxygen atoms in total. The van der Waals surface area contributed by atoms with Crippen molar-refractivity contribution < 1.29 is 4.52 Å². The number of aromatic nitrogens is 3. The molecular formula is C16H20N4O. The molecule has 0 radical (unpaired) electrons. The lowest BCUT2D eigenvalue weighted by Crippen LogP contribution is -2.21. The van der Waals surface area contributed by atoms with Gasteiger partial charge in [-0.05, 0) is 11.6 Å². The van der Waals surface area contributed by atoms with E-state index >= 15 is 0 Å². The van der Waals surface area contributed by atoms with Gasteiger partial charge in [0.05, 0.1) is 6.54 Å². The lowest BCUT2D eigenvalue weighted by molar-refractivity contribution is 0.386. The van der Waals surface area contributed by atoms with Crippen LogP contribution in [0.2, 0.25) is 0 Å². The normalized spacial score (nSPS) is 11.6. The monoisotopic (exact) mass is 284 g/mol. The number of para-hydroxylation sites is 1. The van der Waals surface area contributed by atoms with Crippen molar-refractivity contribution in [3.8, 4) is 0 Å². The van der Waals surface area contributed by atoms with Gasteiger partial charge in [-0.1, -0.05) is 37.2 Å². The Morgan fingerprint density at radius 2 is 2.10 bits per heavy atom. The van der Waals surface area contributed by atoms with Crippen LogP contribution in [0.4, 0.5) is 0 Å². The van der Waals surface area contributed by atoms with Crippen molar-refractivity contribution in [1.82, 2.24) is 20.0 Å². The fourth-order valence-electron chi connectivity index (χ4n) is 2.47. The minimum absolute atomic E-state index is 0.465. The number of hydrogen-bond donors (Lipinski definition) is 1. The molecule has 0 amide bonds. The highest BCUT2D eigenvalue weighted by Gasteiger charge is 2.11. The summed E-state index contributed by atoms with van der Waals surface area (Å²) in [4.78, 5) is 4.28. The molecule has 0 atom stereocenters. The first-order valence-electron chi connectivity index (χ1n) is 7.23. The Balaban J connectivity index is 1.94. The van der Waals surface area contributed by atoms with E-state index in [1.54, 1.807) is 0 Å². The predicted octanol–water partition coefficient (Wildman–Crippen LogP) is 2.88. The molecule has 0 bridgehead atoms. The molecule has 0 aliphatic heterocycles. The molecule has 110 valence electrons. The molecule has 0 unspecified atom stereocenters. The Bertz CT molecular complexity index is 742. The molecule has 3 rings (SSSR count). The standard InChI is InChI=1S/C16H20N4O/c1-11(2)17-8-13-9-20(10-16-18-12(3)21-19-16)15-7-5-4-6-14(13)15/h4-7,9,11,17H,8,10H2,1-3H3. The first-order chi connectivity index (χ1) is 10.1. The lowest BCUT2D eigenvalue weighted by Gasteiger charge is -2.06. The van der Waals surface area contributed by atoms with E-state index in [1.807, 2.05) is 6.92 Å². The molecule has 0 saturated carbocycles. The minimum atomic E-state index is 0.465. The molecule has 0 spiro atoms. The molecule has 0 fully saturated rings. The molecule has 21 heavy (non-hydrogen) atoms. The second-order valence-electron chi connectivity index (χ2n) is 5.56. The molecular weight excluding hydrogens is 264 g/mol. The summed E-state index contributed by atoms with van der Waals surface area (Å²) in [6, 6.07) is 8.88. The third-order valence-corrected chi connectivity index (χ3v) is 3.45. The molecule has 1 N–H and O–H groups in total. The van der Waals surface area contributed by atoms with Gasteiger partial charge in [-0.3, -0.25) is 0 Å². The quantitative estimate of drug-likeness (QED) is 0.782. The zero-order valence-electron chi connectivity index (χ0n) is 12.6. The molecule has 5 heteroatoms. The van der Waals surface area contributed by atoms with Crippen LogP contribution in [-0.2, 0) is 13.1 Å². The molecule has 3 aromatic rings. The van der Waals surface area contributed by atoms with E-state index in [2.05, 4.69) is 64.3 Å². The van der Waals surface area contributed by atoms with Crippen LogP contribution >= 0.6 is 0 Å². The highest BCUT2D eigenvalue weighted by Crippen LogP contribution is 2.22. The van der Waals surface area contributed by atoms with Gasteiger partial charge in [0.15, 0.2) is 5.82 Å². The molecule has 2 aromatic heterocycles. The average Bonchev–Trinajstić information content (AvgIpc) is 3.02. The summed E-state index contributed by atoms with van der Waals surface area (Å²) in [6.45, 7) is 7.60. The van der Waals surface area contributed by atoms with Crippen LogP contribution in [0.1, 0.15) is 31.1 Å². The second kappa shape index (κ2) is 5.69. The average molecular weight is 284 g/mol. The number of benzene rings is 1. The van der Waals surface area contributed by atoms with Gasteiger partial charge in [-0.2, -0.15) is 4.98 Å². The number of aryl methyl sites for hydroxylation is 1. The van der Waals surface area contributed by atoms with Crippen LogP contribution in [0, 0.1) is 6.92 Å². The van der Waals surface area contributed by atoms with Gasteiger partial charge in [0.2, 0.25) is 5.89 Å². The topological polar surface area (TPSA) is 55.9 Å². The van der Waals surface area contributed by atoms with E-state index < -0.39 is 0 Å². The summed E-state index contributed by atoms with van der Waals surface area (Å²) >= 11 is 0. The largest absolute Gasteiger partial charge is 0.340 e. The van der Waals surface area contributed by atoms with Crippen LogP contribution in [0.3, 0.4) is 0 Å². The van der Waals surface area contributed by atoms with E-state index in [9.17, 15) is 0 Å². The Hall–Kier alpha value is -2.14. The maximum Gasteiger partial charge on any atom is 0.223 e. The van der Waals surface area contributed by atoms with Crippen molar-refractivity contribution in [3.05, 3.63) is 47.7 Å². The van der Waals surface area contributed by atoms with Crippen molar-refractivity contribution in [2.24, 2.45) is 0 Å². The minimum Gasteiger partial charge on any atom is -0.340 e. The first kappa shape index (κ1) is 13.8. The van der Waals surface area contributed by atoms with Crippen molar-refractivity contribution in [1.29, 1.82) is 0 Å². The van der Waals surface area contributed by atoms with Gasteiger partial charge >= 0.3 is 0 Å². The van der Waals surface area contributed by atoms with E-state index in [4.69, 9.17) is 4.52 Å². The van der Waals surface area contributed by atoms with E-state index in [-0.39, 0.29) is 0 Å². The van der Waals surface area contributed by atoms with Crippen molar-refractivity contribution in [2.45, 2.75) is 39.9 Å². The van der Waals surface area contributed by atoms with Crippen LogP contribution in [0.25, 0.3) is 10.9 Å². The van der Waals surface area contributed by atoms with Crippen LogP contribution in [-0.4, -0.2) is 20.7 Å². The van der Waals surface area contributed by atoms with Gasteiger partial charge in [0.1, 0.15) is 0 Å². The van der Waals surface area contributed by atoms with E-state index in [0.29, 0.717) is 24.3 Å². The Labute approximate surface area is 124 Å². The first-order valence-corrected chi connectivity index (χ1v) is 7.23. The van der Waals surface area contributed by atoms with Crippen molar-refractivity contribution in [3.63, 3.8) is 0 Å². The number of hydrogen-bond acceptors (Lipinski definition) is 4. The van der Waals surface area contributed by atoms with Gasteiger partial charge in [0, 0.05) is 36.6 Å². The van der Waals surface area contributed by atoms with Gasteiger partial charge in [-0.15, -0.1) is 0 Å². The van der Waals surface area contributed by atoms with E-state index in [1.165, 1.54) is 16.5 Å². The van der Waals surface area contributed by atoms with E-state index in [0.717, 1.165) is 6.54 Å². The lowest BCUT2D eigenvalue weighted by atomic mass is 10.2. The zero-order valence-corrected chi connectivity index (χ0v) is 12.6. The number of nitrogens with one attached hydrogen (secondary N) is 1. The SMILES string of the molecule is Cc1nc(Cn2cc(CNC(C)C)c3ccccc32)no1. The van der Waals surface area contributed by atoms with Gasteiger partial charge in [0.25, 0.3) is 0 Å². The summed E-state index contributed by atoms with van der Waals surface area (Å²) in [5.74, 6) is 1.31. The third kappa shape index (κ3) is 2.97. The highest BCUT2D eigenvalue weighted by molar-refractivity contribution is 5.84. The maximum atomic E-state index is 5.05. The fraction of sp³-hybridized carbons (Fsp3) is 0.375. The Kier molecular flexibility index (Phi) is 3.75. The smallest absolute Gasteiger partial charge is 0.223 e. The zero-order chi connectivity index (χ0) is 14.8. The fourth-order valence-corrected chi connectivity index (χ4v) is 2.47. The van der Waals surface area contributed by atoms with Crippen LogP contribution in [0.15, 0.2) is 35.0 Å². The van der Waals surface area contributed by atoms with Gasteiger partial charge < -0.3 is 14.4 Å². The van der Waals surface area contributed by atoms with Gasteiger partial charge in [-0.25, -0.2) is 0 Å². The maximum absolute atomic E-state index is 5.05. The molecule has 0 aliphatic carbocycles. The molecule has 2 heterocycles. The summed E-state index contributed by atoms with van der Waals surface area (Å²) in [5, 5.41) is 8.72. The van der Waals surface area contributed by atoms with Crippen molar-refractivity contribution in [2.75, 3.05) is 0 Å². The highest BCUT2D eigenvalue weighted by atomic mass is 16.5. The number of nitrogens with zero attached hydrogens (tertiary/aromatic N) is 3. The third-order valence-electron chi connectivity index (χ3n) is 3.45. The molecule has 0 saturated heterocycles. The summed E-state index contributed by atoms with van der Waals surface area (Å²) in [5.41, 5.74) is 2.49. The summed E-state index contributed by atoms with van der Waals surface area (Å²) in [7, 11) is 0. The number of rotatable bonds is 5. The van der Waals surface area contributed by atoms with Crippen LogP contribution in [0.5, 0.6) is 0 Å². The Morgan fingerprint density at radius 3 is 2.81 bits per heavy atom.